The predicted octanol–water partition coefficient (Wildman–Crippen LogP) is 1.97. The topological polar surface area (TPSA) is 55.1 Å². The molecule has 3 N–H and O–H groups in total. The number of rotatable bonds is 2. The molecule has 2 rings (SSSR count). The van der Waals surface area contributed by atoms with Crippen molar-refractivity contribution in [3.8, 4) is 0 Å². The van der Waals surface area contributed by atoms with Crippen LogP contribution in [0.3, 0.4) is 0 Å². The van der Waals surface area contributed by atoms with E-state index in [1.165, 1.54) is 12.8 Å². The average Bonchev–Trinajstić information content (AvgIpc) is 2.68. The zero-order chi connectivity index (χ0) is 12.5. The average molecular weight is 236 g/mol. The number of amides is 1. The summed E-state index contributed by atoms with van der Waals surface area (Å²) in [6.07, 6.45) is 9.30. The van der Waals surface area contributed by atoms with Gasteiger partial charge in [0.2, 0.25) is 5.91 Å². The molecule has 2 aliphatic carbocycles. The van der Waals surface area contributed by atoms with Crippen molar-refractivity contribution in [3.05, 3.63) is 12.2 Å². The molecule has 0 aliphatic heterocycles. The van der Waals surface area contributed by atoms with Gasteiger partial charge in [-0.1, -0.05) is 26.0 Å². The molecular weight excluding hydrogens is 212 g/mol. The van der Waals surface area contributed by atoms with Crippen LogP contribution in [0.1, 0.15) is 46.0 Å². The second kappa shape index (κ2) is 4.81. The first-order valence-electron chi connectivity index (χ1n) is 6.70. The molecule has 17 heavy (non-hydrogen) atoms. The molecule has 3 nitrogen and oxygen atoms in total. The van der Waals surface area contributed by atoms with E-state index in [9.17, 15) is 4.79 Å². The quantitative estimate of drug-likeness (QED) is 0.720. The molecule has 0 aromatic rings. The molecule has 0 spiro atoms. The van der Waals surface area contributed by atoms with Gasteiger partial charge in [-0.2, -0.15) is 0 Å². The van der Waals surface area contributed by atoms with Crippen LogP contribution in [0.2, 0.25) is 0 Å². The number of nitrogens with one attached hydrogen (secondary N) is 1. The Kier molecular flexibility index (Phi) is 3.57. The fourth-order valence-electron chi connectivity index (χ4n) is 2.77. The molecule has 1 saturated carbocycles. The Balaban J connectivity index is 1.78. The molecule has 0 bridgehead atoms. The van der Waals surface area contributed by atoms with Crippen molar-refractivity contribution in [2.24, 2.45) is 17.1 Å². The van der Waals surface area contributed by atoms with Crippen LogP contribution in [0.15, 0.2) is 12.2 Å². The summed E-state index contributed by atoms with van der Waals surface area (Å²) in [7, 11) is 0. The van der Waals surface area contributed by atoms with Gasteiger partial charge in [0.05, 0.1) is 5.92 Å². The van der Waals surface area contributed by atoms with Gasteiger partial charge in [-0.3, -0.25) is 4.79 Å². The second-order valence-electron chi connectivity index (χ2n) is 6.34. The fourth-order valence-corrected chi connectivity index (χ4v) is 2.77. The molecule has 2 unspecified atom stereocenters. The molecule has 3 heteroatoms. The van der Waals surface area contributed by atoms with Crippen LogP contribution in [0.4, 0.5) is 0 Å². The maximum absolute atomic E-state index is 12.0. The summed E-state index contributed by atoms with van der Waals surface area (Å²) < 4.78 is 0. The van der Waals surface area contributed by atoms with E-state index in [0.29, 0.717) is 11.5 Å². The highest BCUT2D eigenvalue weighted by Crippen LogP contribution is 2.35. The summed E-state index contributed by atoms with van der Waals surface area (Å²) in [5.74, 6) is 0.166. The van der Waals surface area contributed by atoms with Crippen LogP contribution in [0, 0.1) is 11.3 Å². The number of nitrogens with two attached hydrogens (primary N) is 1. The summed E-state index contributed by atoms with van der Waals surface area (Å²) in [6, 6.07) is 0.441. The highest BCUT2D eigenvalue weighted by molar-refractivity contribution is 5.81. The summed E-state index contributed by atoms with van der Waals surface area (Å²) >= 11 is 0. The molecule has 96 valence electrons. The maximum Gasteiger partial charge on any atom is 0.227 e. The van der Waals surface area contributed by atoms with Crippen LogP contribution < -0.4 is 11.1 Å². The van der Waals surface area contributed by atoms with Gasteiger partial charge in [-0.15, -0.1) is 0 Å². The lowest BCUT2D eigenvalue weighted by molar-refractivity contribution is -0.124. The molecule has 0 heterocycles. The largest absolute Gasteiger partial charge is 0.353 e. The summed E-state index contributed by atoms with van der Waals surface area (Å²) in [5, 5.41) is 3.17. The smallest absolute Gasteiger partial charge is 0.227 e. The molecule has 0 radical (unpaired) electrons. The van der Waals surface area contributed by atoms with Gasteiger partial charge in [-0.05, 0) is 37.5 Å². The van der Waals surface area contributed by atoms with Gasteiger partial charge in [0.15, 0.2) is 0 Å². The lowest BCUT2D eigenvalue weighted by Gasteiger charge is -2.35. The third-order valence-corrected chi connectivity index (χ3v) is 4.14. The van der Waals surface area contributed by atoms with Gasteiger partial charge < -0.3 is 11.1 Å². The molecule has 1 fully saturated rings. The lowest BCUT2D eigenvalue weighted by Crippen LogP contribution is -2.41. The minimum atomic E-state index is -0.0000586. The van der Waals surface area contributed by atoms with Gasteiger partial charge in [-0.25, -0.2) is 0 Å². The standard InChI is InChI=1S/C14H24N2O/c1-14(2)7-5-12(6-8-14)16-13(17)10-3-4-11(15)9-10/h3-4,10-12H,5-9,15H2,1-2H3,(H,16,17). The van der Waals surface area contributed by atoms with Crippen molar-refractivity contribution in [1.82, 2.24) is 5.32 Å². The Labute approximate surface area is 104 Å². The number of hydrogen-bond donors (Lipinski definition) is 2. The van der Waals surface area contributed by atoms with Crippen molar-refractivity contribution in [3.63, 3.8) is 0 Å². The first-order valence-corrected chi connectivity index (χ1v) is 6.70. The van der Waals surface area contributed by atoms with Crippen LogP contribution >= 0.6 is 0 Å². The van der Waals surface area contributed by atoms with Crippen molar-refractivity contribution in [2.75, 3.05) is 0 Å². The summed E-state index contributed by atoms with van der Waals surface area (Å²) in [6.45, 7) is 4.62. The SMILES string of the molecule is CC1(C)CCC(NC(=O)C2C=CC(N)C2)CC1. The van der Waals surface area contributed by atoms with Crippen molar-refractivity contribution >= 4 is 5.91 Å². The predicted molar refractivity (Wildman–Crippen MR) is 69.4 cm³/mol. The van der Waals surface area contributed by atoms with Crippen LogP contribution in [0.25, 0.3) is 0 Å². The molecule has 2 aliphatic rings. The lowest BCUT2D eigenvalue weighted by atomic mass is 9.75. The number of carbonyl (C=O) groups excluding carboxylic acids is 1. The molecule has 2 atom stereocenters. The molecule has 0 aromatic heterocycles. The molecule has 1 amide bonds. The zero-order valence-electron chi connectivity index (χ0n) is 10.9. The normalized spacial score (nSPS) is 32.6. The minimum Gasteiger partial charge on any atom is -0.353 e. The second-order valence-corrected chi connectivity index (χ2v) is 6.34. The Bertz CT molecular complexity index is 312. The third kappa shape index (κ3) is 3.32. The van der Waals surface area contributed by atoms with E-state index >= 15 is 0 Å². The fraction of sp³-hybridized carbons (Fsp3) is 0.786. The third-order valence-electron chi connectivity index (χ3n) is 4.14. The summed E-state index contributed by atoms with van der Waals surface area (Å²) in [5.41, 5.74) is 6.22. The van der Waals surface area contributed by atoms with Gasteiger partial charge in [0.25, 0.3) is 0 Å². The molecule has 0 saturated heterocycles. The maximum atomic E-state index is 12.0. The van der Waals surface area contributed by atoms with E-state index in [4.69, 9.17) is 5.73 Å². The van der Waals surface area contributed by atoms with E-state index in [1.54, 1.807) is 0 Å². The Morgan fingerprint density at radius 1 is 1.29 bits per heavy atom. The van der Waals surface area contributed by atoms with Crippen molar-refractivity contribution in [1.29, 1.82) is 0 Å². The Morgan fingerprint density at radius 3 is 2.47 bits per heavy atom. The molecular formula is C14H24N2O. The van der Waals surface area contributed by atoms with E-state index in [1.807, 2.05) is 12.2 Å². The van der Waals surface area contributed by atoms with E-state index in [2.05, 4.69) is 19.2 Å². The van der Waals surface area contributed by atoms with E-state index in [0.717, 1.165) is 19.3 Å². The monoisotopic (exact) mass is 236 g/mol. The highest BCUT2D eigenvalue weighted by atomic mass is 16.1. The number of hydrogen-bond acceptors (Lipinski definition) is 2. The highest BCUT2D eigenvalue weighted by Gasteiger charge is 2.29. The number of carbonyl (C=O) groups is 1. The Hall–Kier alpha value is -0.830. The van der Waals surface area contributed by atoms with Crippen molar-refractivity contribution < 1.29 is 4.79 Å². The van der Waals surface area contributed by atoms with E-state index < -0.39 is 0 Å². The minimum absolute atomic E-state index is 0.0000586. The van der Waals surface area contributed by atoms with Gasteiger partial charge in [0.1, 0.15) is 0 Å². The molecule has 0 aromatic carbocycles. The van der Waals surface area contributed by atoms with Gasteiger partial charge >= 0.3 is 0 Å². The van der Waals surface area contributed by atoms with Crippen LogP contribution in [-0.4, -0.2) is 18.0 Å². The van der Waals surface area contributed by atoms with Crippen molar-refractivity contribution in [2.45, 2.75) is 58.0 Å². The zero-order valence-corrected chi connectivity index (χ0v) is 10.9. The van der Waals surface area contributed by atoms with Crippen LogP contribution in [0.5, 0.6) is 0 Å². The summed E-state index contributed by atoms with van der Waals surface area (Å²) in [4.78, 5) is 12.0. The first-order chi connectivity index (χ1) is 7.96. The van der Waals surface area contributed by atoms with Crippen LogP contribution in [-0.2, 0) is 4.79 Å². The Morgan fingerprint density at radius 2 is 1.94 bits per heavy atom. The first kappa shape index (κ1) is 12.6. The van der Waals surface area contributed by atoms with Gasteiger partial charge in [0, 0.05) is 12.1 Å². The van der Waals surface area contributed by atoms with E-state index in [-0.39, 0.29) is 17.9 Å².